The number of likely N-dealkylation sites (tertiary alicyclic amines) is 1. The highest BCUT2D eigenvalue weighted by molar-refractivity contribution is 9.10. The molecule has 2 unspecified atom stereocenters. The molecule has 0 amide bonds. The van der Waals surface area contributed by atoms with E-state index in [1.165, 1.54) is 31.5 Å². The molecule has 2 atom stereocenters. The third-order valence-corrected chi connectivity index (χ3v) is 4.89. The molecule has 0 saturated carbocycles. The van der Waals surface area contributed by atoms with E-state index >= 15 is 0 Å². The number of benzene rings is 1. The van der Waals surface area contributed by atoms with Crippen LogP contribution in [0, 0.1) is 11.7 Å². The molecule has 1 aromatic rings. The molecule has 0 bridgehead atoms. The van der Waals surface area contributed by atoms with Crippen LogP contribution in [-0.4, -0.2) is 30.6 Å². The highest BCUT2D eigenvalue weighted by atomic mass is 79.9. The van der Waals surface area contributed by atoms with Gasteiger partial charge in [-0.25, -0.2) is 4.39 Å². The number of piperidine rings is 1. The minimum atomic E-state index is -0.177. The van der Waals surface area contributed by atoms with Gasteiger partial charge in [0.2, 0.25) is 0 Å². The Morgan fingerprint density at radius 2 is 2.21 bits per heavy atom. The first-order chi connectivity index (χ1) is 8.72. The number of hydrogen-bond donors (Lipinski definition) is 1. The summed E-state index contributed by atoms with van der Waals surface area (Å²) in [4.78, 5) is 2.49. The van der Waals surface area contributed by atoms with Gasteiger partial charge < -0.3 is 5.32 Å². The van der Waals surface area contributed by atoms with Crippen molar-refractivity contribution in [2.24, 2.45) is 5.92 Å². The van der Waals surface area contributed by atoms with E-state index in [1.54, 1.807) is 12.1 Å². The molecule has 2 aliphatic rings. The van der Waals surface area contributed by atoms with E-state index in [-0.39, 0.29) is 18.2 Å². The van der Waals surface area contributed by atoms with E-state index in [1.807, 2.05) is 6.07 Å². The maximum Gasteiger partial charge on any atom is 0.124 e. The molecule has 2 aliphatic heterocycles. The predicted molar refractivity (Wildman–Crippen MR) is 81.1 cm³/mol. The highest BCUT2D eigenvalue weighted by Gasteiger charge is 2.32. The van der Waals surface area contributed by atoms with E-state index in [9.17, 15) is 4.39 Å². The second-order valence-corrected chi connectivity index (χ2v) is 6.22. The summed E-state index contributed by atoms with van der Waals surface area (Å²) in [6.45, 7) is 4.40. The Morgan fingerprint density at radius 3 is 3.00 bits per heavy atom. The van der Waals surface area contributed by atoms with Gasteiger partial charge in [0.1, 0.15) is 5.82 Å². The second-order valence-electron chi connectivity index (χ2n) is 5.37. The standard InChI is InChI=1S/C14H18BrFN2.ClH/c15-13-7-12(16)2-1-10(13)8-18-6-4-14-11(9-18)3-5-17-14;/h1-2,7,11,14,17H,3-6,8-9H2;1H. The summed E-state index contributed by atoms with van der Waals surface area (Å²) >= 11 is 3.45. The van der Waals surface area contributed by atoms with Gasteiger partial charge >= 0.3 is 0 Å². The molecule has 0 aromatic heterocycles. The van der Waals surface area contributed by atoms with Gasteiger partial charge in [-0.2, -0.15) is 0 Å². The zero-order valence-corrected chi connectivity index (χ0v) is 13.1. The summed E-state index contributed by atoms with van der Waals surface area (Å²) in [5.41, 5.74) is 1.18. The van der Waals surface area contributed by atoms with Crippen LogP contribution >= 0.6 is 28.3 Å². The molecule has 2 fully saturated rings. The molecule has 2 nitrogen and oxygen atoms in total. The van der Waals surface area contributed by atoms with Gasteiger partial charge in [-0.05, 0) is 49.5 Å². The van der Waals surface area contributed by atoms with E-state index in [0.29, 0.717) is 0 Å². The molecular formula is C14H19BrClFN2. The third-order valence-electron chi connectivity index (χ3n) is 4.15. The second kappa shape index (κ2) is 6.53. The minimum Gasteiger partial charge on any atom is -0.314 e. The van der Waals surface area contributed by atoms with Gasteiger partial charge in [0.05, 0.1) is 0 Å². The van der Waals surface area contributed by atoms with Crippen molar-refractivity contribution in [2.75, 3.05) is 19.6 Å². The summed E-state index contributed by atoms with van der Waals surface area (Å²) in [5.74, 6) is 0.627. The monoisotopic (exact) mass is 348 g/mol. The maximum atomic E-state index is 13.1. The quantitative estimate of drug-likeness (QED) is 0.882. The van der Waals surface area contributed by atoms with Crippen molar-refractivity contribution in [1.82, 2.24) is 10.2 Å². The highest BCUT2D eigenvalue weighted by Crippen LogP contribution is 2.27. The van der Waals surface area contributed by atoms with Crippen LogP contribution in [0.25, 0.3) is 0 Å². The predicted octanol–water partition coefficient (Wildman–Crippen LogP) is 3.19. The Balaban J connectivity index is 0.00000133. The van der Waals surface area contributed by atoms with Crippen LogP contribution in [0.4, 0.5) is 4.39 Å². The summed E-state index contributed by atoms with van der Waals surface area (Å²) in [6, 6.07) is 5.72. The fourth-order valence-electron chi connectivity index (χ4n) is 3.16. The fourth-order valence-corrected chi connectivity index (χ4v) is 3.63. The first-order valence-corrected chi connectivity index (χ1v) is 7.41. The van der Waals surface area contributed by atoms with Crippen LogP contribution in [0.3, 0.4) is 0 Å². The van der Waals surface area contributed by atoms with Crippen LogP contribution in [0.1, 0.15) is 18.4 Å². The number of fused-ring (bicyclic) bond motifs is 1. The lowest BCUT2D eigenvalue weighted by atomic mass is 9.93. The summed E-state index contributed by atoms with van der Waals surface area (Å²) in [6.07, 6.45) is 2.54. The molecular weight excluding hydrogens is 331 g/mol. The van der Waals surface area contributed by atoms with E-state index in [0.717, 1.165) is 29.5 Å². The van der Waals surface area contributed by atoms with Crippen molar-refractivity contribution in [3.8, 4) is 0 Å². The summed E-state index contributed by atoms with van der Waals surface area (Å²) < 4.78 is 13.9. The molecule has 19 heavy (non-hydrogen) atoms. The summed E-state index contributed by atoms with van der Waals surface area (Å²) in [7, 11) is 0. The van der Waals surface area contributed by atoms with Crippen molar-refractivity contribution in [2.45, 2.75) is 25.4 Å². The van der Waals surface area contributed by atoms with Crippen molar-refractivity contribution < 1.29 is 4.39 Å². The molecule has 2 heterocycles. The topological polar surface area (TPSA) is 15.3 Å². The third kappa shape index (κ3) is 3.48. The largest absolute Gasteiger partial charge is 0.314 e. The Morgan fingerprint density at radius 1 is 1.37 bits per heavy atom. The van der Waals surface area contributed by atoms with E-state index in [2.05, 4.69) is 26.1 Å². The molecule has 106 valence electrons. The lowest BCUT2D eigenvalue weighted by Gasteiger charge is -2.35. The lowest BCUT2D eigenvalue weighted by Crippen LogP contribution is -2.43. The number of nitrogens with one attached hydrogen (secondary N) is 1. The number of rotatable bonds is 2. The van der Waals surface area contributed by atoms with Gasteiger partial charge in [0, 0.05) is 23.6 Å². The van der Waals surface area contributed by atoms with Crippen molar-refractivity contribution in [3.05, 3.63) is 34.1 Å². The zero-order valence-electron chi connectivity index (χ0n) is 10.7. The lowest BCUT2D eigenvalue weighted by molar-refractivity contribution is 0.155. The Kier molecular flexibility index (Phi) is 5.23. The fraction of sp³-hybridized carbons (Fsp3) is 0.571. The average Bonchev–Trinajstić information content (AvgIpc) is 2.80. The zero-order chi connectivity index (χ0) is 12.5. The van der Waals surface area contributed by atoms with Gasteiger partial charge in [0.15, 0.2) is 0 Å². The molecule has 1 aromatic carbocycles. The van der Waals surface area contributed by atoms with Crippen LogP contribution in [0.2, 0.25) is 0 Å². The SMILES string of the molecule is Cl.Fc1ccc(CN2CCC3NCCC3C2)c(Br)c1. The molecule has 3 rings (SSSR count). The Hall–Kier alpha value is -0.160. The Bertz CT molecular complexity index is 443. The van der Waals surface area contributed by atoms with Crippen molar-refractivity contribution in [3.63, 3.8) is 0 Å². The molecule has 0 spiro atoms. The number of hydrogen-bond acceptors (Lipinski definition) is 2. The molecule has 0 aliphatic carbocycles. The van der Waals surface area contributed by atoms with Gasteiger partial charge in [0.25, 0.3) is 0 Å². The molecule has 0 radical (unpaired) electrons. The normalized spacial score (nSPS) is 26.8. The maximum absolute atomic E-state index is 13.1. The van der Waals surface area contributed by atoms with Crippen LogP contribution in [-0.2, 0) is 6.54 Å². The van der Waals surface area contributed by atoms with Crippen molar-refractivity contribution in [1.29, 1.82) is 0 Å². The van der Waals surface area contributed by atoms with Gasteiger partial charge in [-0.3, -0.25) is 4.90 Å². The first-order valence-electron chi connectivity index (χ1n) is 6.62. The first kappa shape index (κ1) is 15.2. The van der Waals surface area contributed by atoms with Gasteiger partial charge in [-0.1, -0.05) is 22.0 Å². The van der Waals surface area contributed by atoms with E-state index < -0.39 is 0 Å². The van der Waals surface area contributed by atoms with Gasteiger partial charge in [-0.15, -0.1) is 12.4 Å². The van der Waals surface area contributed by atoms with Crippen molar-refractivity contribution >= 4 is 28.3 Å². The van der Waals surface area contributed by atoms with Crippen LogP contribution in [0.15, 0.2) is 22.7 Å². The Labute approximate surface area is 128 Å². The van der Waals surface area contributed by atoms with Crippen LogP contribution < -0.4 is 5.32 Å². The molecule has 5 heteroatoms. The summed E-state index contributed by atoms with van der Waals surface area (Å²) in [5, 5.41) is 3.58. The molecule has 1 N–H and O–H groups in total. The smallest absolute Gasteiger partial charge is 0.124 e. The number of nitrogens with zero attached hydrogens (tertiary/aromatic N) is 1. The van der Waals surface area contributed by atoms with E-state index in [4.69, 9.17) is 0 Å². The van der Waals surface area contributed by atoms with Crippen LogP contribution in [0.5, 0.6) is 0 Å². The average molecular weight is 350 g/mol. The molecule has 2 saturated heterocycles. The minimum absolute atomic E-state index is 0. The number of halogens is 3.